The van der Waals surface area contributed by atoms with Gasteiger partial charge in [0.2, 0.25) is 0 Å². The zero-order chi connectivity index (χ0) is 11.3. The molecule has 6 nitrogen and oxygen atoms in total. The molecular weight excluding hydrogens is 192 g/mol. The Kier molecular flexibility index (Phi) is 5.32. The molecule has 0 spiro atoms. The van der Waals surface area contributed by atoms with Gasteiger partial charge in [0, 0.05) is 5.57 Å². The summed E-state index contributed by atoms with van der Waals surface area (Å²) in [7, 11) is 0. The number of aliphatic hydroxyl groups excluding tert-OH is 3. The van der Waals surface area contributed by atoms with Crippen molar-refractivity contribution in [3.63, 3.8) is 0 Å². The van der Waals surface area contributed by atoms with Gasteiger partial charge in [-0.05, 0) is 6.92 Å². The van der Waals surface area contributed by atoms with Crippen molar-refractivity contribution in [2.75, 3.05) is 6.61 Å². The second-order valence-corrected chi connectivity index (χ2v) is 2.85. The fraction of sp³-hybridized carbons (Fsp3) is 0.625. The fourth-order valence-corrected chi connectivity index (χ4v) is 0.582. The molecule has 0 aliphatic rings. The van der Waals surface area contributed by atoms with Crippen LogP contribution in [0.2, 0.25) is 0 Å². The van der Waals surface area contributed by atoms with Gasteiger partial charge in [-0.3, -0.25) is 0 Å². The minimum Gasteiger partial charge on any atom is -0.459 e. The molecule has 6 heteroatoms. The van der Waals surface area contributed by atoms with Crippen LogP contribution in [-0.4, -0.2) is 51.5 Å². The minimum atomic E-state index is -2.08. The second-order valence-electron chi connectivity index (χ2n) is 2.85. The van der Waals surface area contributed by atoms with Gasteiger partial charge in [-0.25, -0.2) is 4.79 Å². The van der Waals surface area contributed by atoms with E-state index in [2.05, 4.69) is 11.3 Å². The van der Waals surface area contributed by atoms with Crippen LogP contribution in [0.5, 0.6) is 0 Å². The highest BCUT2D eigenvalue weighted by Crippen LogP contribution is 2.00. The van der Waals surface area contributed by atoms with Crippen molar-refractivity contribution in [3.8, 4) is 0 Å². The van der Waals surface area contributed by atoms with Crippen LogP contribution in [0, 0.1) is 0 Å². The van der Waals surface area contributed by atoms with Gasteiger partial charge in [0.25, 0.3) is 0 Å². The normalized spacial score (nSPS) is 15.0. The smallest absolute Gasteiger partial charge is 0.333 e. The lowest BCUT2D eigenvalue weighted by atomic mass is 10.2. The van der Waals surface area contributed by atoms with E-state index in [1.165, 1.54) is 6.92 Å². The van der Waals surface area contributed by atoms with Crippen LogP contribution >= 0.6 is 0 Å². The number of rotatable bonds is 5. The summed E-state index contributed by atoms with van der Waals surface area (Å²) in [6.45, 7) is 4.19. The van der Waals surface area contributed by atoms with Crippen LogP contribution < -0.4 is 0 Å². The van der Waals surface area contributed by atoms with E-state index in [4.69, 9.17) is 20.4 Å². The molecule has 0 radical (unpaired) electrons. The largest absolute Gasteiger partial charge is 0.459 e. The molecule has 2 atom stereocenters. The zero-order valence-corrected chi connectivity index (χ0v) is 7.75. The van der Waals surface area contributed by atoms with Gasteiger partial charge in [0.05, 0.1) is 0 Å². The summed E-state index contributed by atoms with van der Waals surface area (Å²) >= 11 is 0. The number of aliphatic hydroxyl groups is 4. The van der Waals surface area contributed by atoms with Crippen molar-refractivity contribution in [1.82, 2.24) is 0 Å². The van der Waals surface area contributed by atoms with Gasteiger partial charge in [-0.1, -0.05) is 6.58 Å². The third kappa shape index (κ3) is 4.33. The summed E-state index contributed by atoms with van der Waals surface area (Å²) in [6.07, 6.45) is -5.39. The van der Waals surface area contributed by atoms with Gasteiger partial charge < -0.3 is 25.2 Å². The van der Waals surface area contributed by atoms with E-state index in [1.807, 2.05) is 0 Å². The van der Waals surface area contributed by atoms with Gasteiger partial charge in [0.1, 0.15) is 18.8 Å². The quantitative estimate of drug-likeness (QED) is 0.239. The maximum absolute atomic E-state index is 10.8. The highest BCUT2D eigenvalue weighted by Gasteiger charge is 2.24. The average molecular weight is 206 g/mol. The molecule has 0 bridgehead atoms. The van der Waals surface area contributed by atoms with E-state index in [1.54, 1.807) is 0 Å². The lowest BCUT2D eigenvalue weighted by molar-refractivity contribution is -0.172. The summed E-state index contributed by atoms with van der Waals surface area (Å²) in [4.78, 5) is 10.8. The highest BCUT2D eigenvalue weighted by atomic mass is 16.5. The summed E-state index contributed by atoms with van der Waals surface area (Å²) in [6, 6.07) is 0. The number of carbonyl (C=O) groups excluding carboxylic acids is 1. The third-order valence-corrected chi connectivity index (χ3v) is 1.43. The molecule has 0 fully saturated rings. The number of esters is 1. The first kappa shape index (κ1) is 13.1. The van der Waals surface area contributed by atoms with E-state index in [9.17, 15) is 4.79 Å². The van der Waals surface area contributed by atoms with E-state index in [-0.39, 0.29) is 5.57 Å². The third-order valence-electron chi connectivity index (χ3n) is 1.43. The van der Waals surface area contributed by atoms with E-state index in [0.717, 1.165) is 0 Å². The molecule has 14 heavy (non-hydrogen) atoms. The first-order valence-electron chi connectivity index (χ1n) is 3.91. The average Bonchev–Trinajstić information content (AvgIpc) is 2.11. The number of hydrogen-bond donors (Lipinski definition) is 4. The number of hydrogen-bond acceptors (Lipinski definition) is 6. The Morgan fingerprint density at radius 2 is 1.86 bits per heavy atom. The predicted octanol–water partition coefficient (Wildman–Crippen LogP) is -1.86. The molecule has 0 aromatic carbocycles. The lowest BCUT2D eigenvalue weighted by Crippen LogP contribution is -2.40. The Hall–Kier alpha value is -0.950. The summed E-state index contributed by atoms with van der Waals surface area (Å²) in [5.74, 6) is -0.719. The van der Waals surface area contributed by atoms with Crippen molar-refractivity contribution < 1.29 is 30.0 Å². The Morgan fingerprint density at radius 1 is 1.36 bits per heavy atom. The van der Waals surface area contributed by atoms with Crippen molar-refractivity contribution in [2.24, 2.45) is 0 Å². The molecule has 0 rings (SSSR count). The number of carbonyl (C=O) groups is 1. The first-order chi connectivity index (χ1) is 6.36. The SMILES string of the molecule is C=C(C)C(=O)OCC(O)C(O)C(O)O. The number of ether oxygens (including phenoxy) is 1. The van der Waals surface area contributed by atoms with Crippen LogP contribution in [0.4, 0.5) is 0 Å². The Labute approximate surface area is 81.1 Å². The van der Waals surface area contributed by atoms with Gasteiger partial charge in [-0.15, -0.1) is 0 Å². The molecule has 0 amide bonds. The minimum absolute atomic E-state index is 0.149. The van der Waals surface area contributed by atoms with Crippen molar-refractivity contribution in [2.45, 2.75) is 25.4 Å². The standard InChI is InChI=1S/C8H14O6/c1-4(2)8(13)14-3-5(9)6(10)7(11)12/h5-7,9-12H,1,3H2,2H3. The lowest BCUT2D eigenvalue weighted by Gasteiger charge is -2.18. The monoisotopic (exact) mass is 206 g/mol. The molecule has 0 aromatic heterocycles. The maximum Gasteiger partial charge on any atom is 0.333 e. The molecule has 0 aliphatic carbocycles. The molecule has 2 unspecified atom stereocenters. The predicted molar refractivity (Wildman–Crippen MR) is 46.0 cm³/mol. The van der Waals surface area contributed by atoms with Crippen LogP contribution in [0.1, 0.15) is 6.92 Å². The topological polar surface area (TPSA) is 107 Å². The first-order valence-corrected chi connectivity index (χ1v) is 3.91. The Morgan fingerprint density at radius 3 is 2.21 bits per heavy atom. The zero-order valence-electron chi connectivity index (χ0n) is 7.75. The van der Waals surface area contributed by atoms with E-state index in [0.29, 0.717) is 0 Å². The van der Waals surface area contributed by atoms with Crippen LogP contribution in [0.25, 0.3) is 0 Å². The molecule has 0 aromatic rings. The van der Waals surface area contributed by atoms with Crippen LogP contribution in [-0.2, 0) is 9.53 Å². The second kappa shape index (κ2) is 5.71. The molecule has 4 N–H and O–H groups in total. The molecule has 82 valence electrons. The summed E-state index contributed by atoms with van der Waals surface area (Å²) < 4.78 is 4.47. The van der Waals surface area contributed by atoms with Crippen molar-refractivity contribution in [1.29, 1.82) is 0 Å². The summed E-state index contributed by atoms with van der Waals surface area (Å²) in [5, 5.41) is 34.8. The molecular formula is C8H14O6. The van der Waals surface area contributed by atoms with Gasteiger partial charge in [0.15, 0.2) is 6.29 Å². The van der Waals surface area contributed by atoms with E-state index >= 15 is 0 Å². The van der Waals surface area contributed by atoms with Crippen molar-refractivity contribution >= 4 is 5.97 Å². The van der Waals surface area contributed by atoms with Crippen LogP contribution in [0.3, 0.4) is 0 Å². The Bertz CT molecular complexity index is 212. The Balaban J connectivity index is 3.90. The highest BCUT2D eigenvalue weighted by molar-refractivity contribution is 5.86. The van der Waals surface area contributed by atoms with Crippen molar-refractivity contribution in [3.05, 3.63) is 12.2 Å². The summed E-state index contributed by atoms with van der Waals surface area (Å²) in [5.41, 5.74) is 0.149. The van der Waals surface area contributed by atoms with Gasteiger partial charge in [-0.2, -0.15) is 0 Å². The molecule has 0 heterocycles. The fourth-order valence-electron chi connectivity index (χ4n) is 0.582. The molecule has 0 saturated carbocycles. The van der Waals surface area contributed by atoms with Gasteiger partial charge >= 0.3 is 5.97 Å². The maximum atomic E-state index is 10.8. The van der Waals surface area contributed by atoms with Crippen LogP contribution in [0.15, 0.2) is 12.2 Å². The van der Waals surface area contributed by atoms with E-state index < -0.39 is 31.1 Å². The molecule has 0 saturated heterocycles. The molecule has 0 aliphatic heterocycles.